The Morgan fingerprint density at radius 2 is 1.77 bits per heavy atom. The Hall–Kier alpha value is -3.94. The lowest BCUT2D eigenvalue weighted by atomic mass is 10.2. The number of esters is 1. The van der Waals surface area contributed by atoms with Gasteiger partial charge in [-0.1, -0.05) is 49.7 Å². The van der Waals surface area contributed by atoms with Crippen LogP contribution in [0.15, 0.2) is 48.5 Å². The number of unbranched alkanes of at least 4 members (excludes halogenated alkanes) is 1. The number of carbonyl (C=O) groups is 1. The Labute approximate surface area is 182 Å². The Morgan fingerprint density at radius 3 is 2.45 bits per heavy atom. The van der Waals surface area contributed by atoms with Crippen LogP contribution in [-0.4, -0.2) is 22.5 Å². The molecule has 0 saturated heterocycles. The van der Waals surface area contributed by atoms with Crippen molar-refractivity contribution in [2.24, 2.45) is 0 Å². The van der Waals surface area contributed by atoms with E-state index in [1.807, 2.05) is 55.5 Å². The van der Waals surface area contributed by atoms with Gasteiger partial charge in [-0.3, -0.25) is 4.79 Å². The topological polar surface area (TPSA) is 63.7 Å². The Bertz CT molecular complexity index is 1470. The highest BCUT2D eigenvalue weighted by Crippen LogP contribution is 2.26. The second-order valence-corrected chi connectivity index (χ2v) is 7.85. The van der Waals surface area contributed by atoms with Gasteiger partial charge in [-0.2, -0.15) is 0 Å². The van der Waals surface area contributed by atoms with Gasteiger partial charge in [-0.15, -0.1) is 11.3 Å². The van der Waals surface area contributed by atoms with Crippen molar-refractivity contribution in [2.75, 3.05) is 6.61 Å². The third-order valence-corrected chi connectivity index (χ3v) is 5.88. The summed E-state index contributed by atoms with van der Waals surface area (Å²) in [5.74, 6) is -0.661. The van der Waals surface area contributed by atoms with Crippen molar-refractivity contribution < 1.29 is 9.53 Å². The molecule has 0 fully saturated rings. The molecule has 31 heavy (non-hydrogen) atoms. The first-order valence-electron chi connectivity index (χ1n) is 9.81. The number of nitrogens with one attached hydrogen (secondary N) is 1. The van der Waals surface area contributed by atoms with Crippen LogP contribution in [0.2, 0.25) is 0 Å². The highest BCUT2D eigenvalue weighted by Gasteiger charge is 2.18. The van der Waals surface area contributed by atoms with Crippen LogP contribution < -0.4 is 10.7 Å². The van der Waals surface area contributed by atoms with Crippen LogP contribution in [-0.2, 0) is 9.53 Å². The molecular weight excluding hydrogens is 408 g/mol. The second-order valence-electron chi connectivity index (χ2n) is 6.82. The average molecular weight is 427 g/mol. The summed E-state index contributed by atoms with van der Waals surface area (Å²) in [7, 11) is 0. The summed E-state index contributed by atoms with van der Waals surface area (Å²) in [6.07, 6.45) is 1.63. The van der Waals surface area contributed by atoms with Crippen molar-refractivity contribution in [1.29, 1.82) is 0 Å². The minimum Gasteiger partial charge on any atom is -0.471 e. The highest BCUT2D eigenvalue weighted by molar-refractivity contribution is 7.19. The highest BCUT2D eigenvalue weighted by atomic mass is 32.1. The minimum atomic E-state index is -0.661. The van der Waals surface area contributed by atoms with E-state index < -0.39 is 5.97 Å². The molecule has 0 spiro atoms. The molecule has 4 rings (SSSR count). The zero-order valence-electron chi connectivity index (χ0n) is 16.8. The lowest BCUT2D eigenvalue weighted by molar-refractivity contribution is -0.136. The third kappa shape index (κ3) is 3.79. The number of hydrogen-bond donors (Lipinski definition) is 1. The van der Waals surface area contributed by atoms with Crippen LogP contribution in [0.1, 0.15) is 24.8 Å². The number of para-hydroxylation sites is 1. The van der Waals surface area contributed by atoms with Gasteiger partial charge in [0.05, 0.1) is 40.7 Å². The molecule has 0 radical (unpaired) electrons. The van der Waals surface area contributed by atoms with Crippen molar-refractivity contribution in [3.05, 3.63) is 87.1 Å². The summed E-state index contributed by atoms with van der Waals surface area (Å²) in [6, 6.07) is 15.1. The fraction of sp³-hybridized carbons (Fsp3) is 0.167. The van der Waals surface area contributed by atoms with Gasteiger partial charge in [0.1, 0.15) is 5.01 Å². The maximum atomic E-state index is 12.6. The van der Waals surface area contributed by atoms with Gasteiger partial charge in [0.2, 0.25) is 5.70 Å². The smallest absolute Gasteiger partial charge is 0.338 e. The fourth-order valence-corrected chi connectivity index (χ4v) is 4.28. The maximum absolute atomic E-state index is 12.6. The quantitative estimate of drug-likeness (QED) is 0.295. The molecule has 0 aliphatic carbocycles. The molecule has 0 amide bonds. The van der Waals surface area contributed by atoms with E-state index in [9.17, 15) is 4.79 Å². The fourth-order valence-electron chi connectivity index (χ4n) is 3.32. The minimum absolute atomic E-state index is 0.118. The Kier molecular flexibility index (Phi) is 5.79. The number of ether oxygens (including phenoxy) is 1. The number of aromatic amines is 1. The Morgan fingerprint density at radius 1 is 1.06 bits per heavy atom. The molecule has 4 aromatic rings. The summed E-state index contributed by atoms with van der Waals surface area (Å²) >= 11 is 1.44. The number of benzene rings is 2. The van der Waals surface area contributed by atoms with Gasteiger partial charge in [-0.25, -0.2) is 14.7 Å². The molecule has 0 atom stereocenters. The summed E-state index contributed by atoms with van der Waals surface area (Å²) in [4.78, 5) is 27.6. The van der Waals surface area contributed by atoms with Crippen molar-refractivity contribution in [1.82, 2.24) is 9.97 Å². The third-order valence-electron chi connectivity index (χ3n) is 4.83. The van der Waals surface area contributed by atoms with E-state index in [1.165, 1.54) is 11.3 Å². The molecular formula is C24H18N4O2S. The van der Waals surface area contributed by atoms with Crippen LogP contribution in [0, 0.1) is 13.1 Å². The normalized spacial score (nSPS) is 12.9. The molecule has 0 aliphatic heterocycles. The van der Waals surface area contributed by atoms with Crippen molar-refractivity contribution >= 4 is 49.7 Å². The first kappa shape index (κ1) is 20.3. The van der Waals surface area contributed by atoms with Crippen LogP contribution >= 0.6 is 11.3 Å². The standard InChI is InChI=1S/C24H18N4O2S/c1-4-5-14-30-24(29)22(26-3)20-16-11-7-6-10-15(16)19(28-20)21(25-2)23-27-17-12-8-9-13-18(17)31-23/h6-13,28H,4-5,14H2,1H3. The van der Waals surface area contributed by atoms with Gasteiger partial charge in [0.15, 0.2) is 0 Å². The number of aromatic nitrogens is 2. The number of thiazole rings is 1. The van der Waals surface area contributed by atoms with E-state index in [1.54, 1.807) is 0 Å². The van der Waals surface area contributed by atoms with Crippen LogP contribution in [0.5, 0.6) is 0 Å². The molecule has 2 aromatic carbocycles. The number of rotatable bonds is 5. The first-order valence-corrected chi connectivity index (χ1v) is 10.6. The van der Waals surface area contributed by atoms with Gasteiger partial charge in [0, 0.05) is 0 Å². The average Bonchev–Trinajstić information content (AvgIpc) is 3.38. The molecule has 6 nitrogen and oxygen atoms in total. The van der Waals surface area contributed by atoms with Crippen LogP contribution in [0.4, 0.5) is 0 Å². The van der Waals surface area contributed by atoms with E-state index in [-0.39, 0.29) is 12.3 Å². The van der Waals surface area contributed by atoms with Crippen molar-refractivity contribution in [3.8, 4) is 0 Å². The zero-order valence-corrected chi connectivity index (χ0v) is 17.6. The van der Waals surface area contributed by atoms with E-state index in [0.717, 1.165) is 28.4 Å². The molecule has 1 N–H and O–H groups in total. The van der Waals surface area contributed by atoms with Crippen molar-refractivity contribution in [2.45, 2.75) is 19.8 Å². The molecule has 0 aliphatic rings. The van der Waals surface area contributed by atoms with E-state index >= 15 is 0 Å². The molecule has 0 unspecified atom stereocenters. The predicted octanol–water partition coefficient (Wildman–Crippen LogP) is 4.22. The molecule has 2 heterocycles. The lowest BCUT2D eigenvalue weighted by Gasteiger charge is -2.02. The van der Waals surface area contributed by atoms with Crippen molar-refractivity contribution in [3.63, 3.8) is 0 Å². The van der Waals surface area contributed by atoms with Crippen LogP contribution in [0.25, 0.3) is 42.1 Å². The van der Waals surface area contributed by atoms with E-state index in [2.05, 4.69) is 19.7 Å². The summed E-state index contributed by atoms with van der Waals surface area (Å²) in [5, 5.41) is 2.94. The van der Waals surface area contributed by atoms with Gasteiger partial charge in [-0.05, 0) is 29.3 Å². The monoisotopic (exact) mass is 426 g/mol. The van der Waals surface area contributed by atoms with Gasteiger partial charge < -0.3 is 9.72 Å². The lowest BCUT2D eigenvalue weighted by Crippen LogP contribution is -2.19. The Balaban J connectivity index is 2.01. The molecule has 0 saturated carbocycles. The summed E-state index contributed by atoms with van der Waals surface area (Å²) in [6.45, 7) is 17.7. The zero-order chi connectivity index (χ0) is 21.8. The number of H-pyrrole nitrogens is 1. The predicted molar refractivity (Wildman–Crippen MR) is 122 cm³/mol. The molecule has 152 valence electrons. The number of nitrogens with zero attached hydrogens (tertiary/aromatic N) is 3. The largest absolute Gasteiger partial charge is 0.471 e. The second kappa shape index (κ2) is 8.83. The SMILES string of the molecule is [C-]#[N+]C(C(=O)OCCCC)=c1[nH]c(=C([N+]#[C-])c2nc3ccccc3s2)c2ccccc12. The summed E-state index contributed by atoms with van der Waals surface area (Å²) < 4.78 is 6.26. The molecule has 0 bridgehead atoms. The van der Waals surface area contributed by atoms with Crippen LogP contribution in [0.3, 0.4) is 0 Å². The van der Waals surface area contributed by atoms with E-state index in [4.69, 9.17) is 17.9 Å². The number of hydrogen-bond acceptors (Lipinski definition) is 4. The molecule has 7 heteroatoms. The maximum Gasteiger partial charge on any atom is 0.338 e. The van der Waals surface area contributed by atoms with Gasteiger partial charge >= 0.3 is 5.97 Å². The van der Waals surface area contributed by atoms with E-state index in [0.29, 0.717) is 26.8 Å². The number of fused-ring (bicyclic) bond motifs is 2. The first-order chi connectivity index (χ1) is 15.2. The molecule has 2 aromatic heterocycles. The van der Waals surface area contributed by atoms with Gasteiger partial charge in [0.25, 0.3) is 5.70 Å². The summed E-state index contributed by atoms with van der Waals surface area (Å²) in [5.41, 5.74) is 1.06. The number of carbonyl (C=O) groups excluding carboxylic acids is 1.